The van der Waals surface area contributed by atoms with Crippen molar-refractivity contribution >= 4 is 40.2 Å². The number of benzene rings is 1. The molecule has 152 valence electrons. The molecule has 4 nitrogen and oxygen atoms in total. The van der Waals surface area contributed by atoms with Gasteiger partial charge in [0.05, 0.1) is 4.88 Å². The Morgan fingerprint density at radius 1 is 1.14 bits per heavy atom. The first-order valence-electron chi connectivity index (χ1n) is 9.59. The van der Waals surface area contributed by atoms with Crippen LogP contribution in [0.25, 0.3) is 0 Å². The monoisotopic (exact) mass is 446 g/mol. The summed E-state index contributed by atoms with van der Waals surface area (Å²) in [5.74, 6) is 0.909. The van der Waals surface area contributed by atoms with E-state index in [4.69, 9.17) is 16.3 Å². The lowest BCUT2D eigenvalue weighted by molar-refractivity contribution is 0.0634. The van der Waals surface area contributed by atoms with Crippen LogP contribution in [0.15, 0.2) is 47.2 Å². The van der Waals surface area contributed by atoms with Crippen molar-refractivity contribution in [2.75, 3.05) is 26.2 Å². The molecule has 2 aromatic heterocycles. The SMILES string of the molecule is Cc1cc(OCc2csc(C(=O)N3CCN(Cc4cccs4)CC3)c2)ccc1Cl. The first-order valence-corrected chi connectivity index (χ1v) is 11.7. The zero-order chi connectivity index (χ0) is 20.2. The maximum absolute atomic E-state index is 12.9. The zero-order valence-corrected chi connectivity index (χ0v) is 18.7. The number of carbonyl (C=O) groups excluding carboxylic acids is 1. The molecule has 1 aliphatic rings. The molecule has 1 fully saturated rings. The standard InChI is InChI=1S/C22H23ClN2O2S2/c1-16-11-18(4-5-20(16)23)27-14-17-12-21(29-15-17)22(26)25-8-6-24(7-9-25)13-19-3-2-10-28-19/h2-5,10-12,15H,6-9,13-14H2,1H3. The Morgan fingerprint density at radius 3 is 2.69 bits per heavy atom. The molecule has 1 aliphatic heterocycles. The lowest BCUT2D eigenvalue weighted by atomic mass is 10.2. The second-order valence-corrected chi connectivity index (χ2v) is 9.52. The zero-order valence-electron chi connectivity index (χ0n) is 16.3. The predicted octanol–water partition coefficient (Wildman–Crippen LogP) is 5.31. The van der Waals surface area contributed by atoms with Gasteiger partial charge in [-0.25, -0.2) is 0 Å². The molecule has 4 rings (SSSR count). The van der Waals surface area contributed by atoms with E-state index in [0.717, 1.165) is 59.5 Å². The number of hydrogen-bond acceptors (Lipinski definition) is 5. The average molecular weight is 447 g/mol. The van der Waals surface area contributed by atoms with Crippen LogP contribution in [-0.4, -0.2) is 41.9 Å². The van der Waals surface area contributed by atoms with Crippen molar-refractivity contribution in [2.24, 2.45) is 0 Å². The third kappa shape index (κ3) is 5.20. The highest BCUT2D eigenvalue weighted by atomic mass is 35.5. The fourth-order valence-corrected chi connectivity index (χ4v) is 5.05. The minimum absolute atomic E-state index is 0.124. The molecule has 7 heteroatoms. The molecular weight excluding hydrogens is 424 g/mol. The molecule has 0 atom stereocenters. The molecule has 29 heavy (non-hydrogen) atoms. The van der Waals surface area contributed by atoms with Gasteiger partial charge >= 0.3 is 0 Å². The summed E-state index contributed by atoms with van der Waals surface area (Å²) < 4.78 is 5.85. The molecule has 3 aromatic rings. The molecule has 0 saturated carbocycles. The summed E-state index contributed by atoms with van der Waals surface area (Å²) in [6.07, 6.45) is 0. The van der Waals surface area contributed by atoms with Gasteiger partial charge in [-0.15, -0.1) is 22.7 Å². The Hall–Kier alpha value is -1.86. The number of ether oxygens (including phenoxy) is 1. The highest BCUT2D eigenvalue weighted by Gasteiger charge is 2.23. The molecule has 3 heterocycles. The number of piperazine rings is 1. The average Bonchev–Trinajstić information content (AvgIpc) is 3.41. The van der Waals surface area contributed by atoms with Crippen molar-refractivity contribution in [3.63, 3.8) is 0 Å². The van der Waals surface area contributed by atoms with E-state index in [1.54, 1.807) is 11.3 Å². The first-order chi connectivity index (χ1) is 14.1. The number of hydrogen-bond donors (Lipinski definition) is 0. The summed E-state index contributed by atoms with van der Waals surface area (Å²) in [6.45, 7) is 6.76. The third-order valence-corrected chi connectivity index (χ3v) is 7.27. The van der Waals surface area contributed by atoms with Gasteiger partial charge < -0.3 is 9.64 Å². The van der Waals surface area contributed by atoms with Crippen molar-refractivity contribution in [3.05, 3.63) is 73.1 Å². The van der Waals surface area contributed by atoms with Crippen LogP contribution in [0.4, 0.5) is 0 Å². The van der Waals surface area contributed by atoms with Crippen LogP contribution in [-0.2, 0) is 13.2 Å². The van der Waals surface area contributed by atoms with E-state index in [1.165, 1.54) is 16.2 Å². The Kier molecular flexibility index (Phi) is 6.55. The Labute approximate surface area is 184 Å². The molecule has 1 saturated heterocycles. The van der Waals surface area contributed by atoms with Crippen molar-refractivity contribution in [3.8, 4) is 5.75 Å². The van der Waals surface area contributed by atoms with Crippen molar-refractivity contribution in [1.29, 1.82) is 0 Å². The molecule has 0 N–H and O–H groups in total. The van der Waals surface area contributed by atoms with Crippen molar-refractivity contribution in [2.45, 2.75) is 20.1 Å². The number of amides is 1. The number of aryl methyl sites for hydroxylation is 1. The summed E-state index contributed by atoms with van der Waals surface area (Å²) >= 11 is 9.34. The number of halogens is 1. The number of thiophene rings is 2. The summed E-state index contributed by atoms with van der Waals surface area (Å²) in [5, 5.41) is 4.85. The van der Waals surface area contributed by atoms with E-state index in [0.29, 0.717) is 6.61 Å². The maximum Gasteiger partial charge on any atom is 0.264 e. The molecule has 1 aromatic carbocycles. The normalized spacial score (nSPS) is 14.9. The topological polar surface area (TPSA) is 32.8 Å². The van der Waals surface area contributed by atoms with Gasteiger partial charge in [-0.05, 0) is 53.6 Å². The smallest absolute Gasteiger partial charge is 0.264 e. The third-order valence-electron chi connectivity index (χ3n) is 5.02. The highest BCUT2D eigenvalue weighted by molar-refractivity contribution is 7.12. The largest absolute Gasteiger partial charge is 0.489 e. The second kappa shape index (κ2) is 9.30. The molecule has 1 amide bonds. The van der Waals surface area contributed by atoms with Crippen LogP contribution in [0.3, 0.4) is 0 Å². The quantitative estimate of drug-likeness (QED) is 0.514. The predicted molar refractivity (Wildman–Crippen MR) is 120 cm³/mol. The van der Waals surface area contributed by atoms with Crippen LogP contribution >= 0.6 is 34.3 Å². The van der Waals surface area contributed by atoms with Crippen LogP contribution in [0.2, 0.25) is 5.02 Å². The molecule has 0 aliphatic carbocycles. The number of rotatable bonds is 6. The van der Waals surface area contributed by atoms with Gasteiger partial charge in [0.25, 0.3) is 5.91 Å². The summed E-state index contributed by atoms with van der Waals surface area (Å²) in [5.41, 5.74) is 2.01. The second-order valence-electron chi connectivity index (χ2n) is 7.17. The lowest BCUT2D eigenvalue weighted by Gasteiger charge is -2.34. The van der Waals surface area contributed by atoms with Crippen molar-refractivity contribution in [1.82, 2.24) is 9.80 Å². The molecule has 0 unspecified atom stereocenters. The van der Waals surface area contributed by atoms with Crippen molar-refractivity contribution < 1.29 is 9.53 Å². The summed E-state index contributed by atoms with van der Waals surface area (Å²) in [7, 11) is 0. The summed E-state index contributed by atoms with van der Waals surface area (Å²) in [4.78, 5) is 19.4. The maximum atomic E-state index is 12.9. The van der Waals surface area contributed by atoms with Gasteiger partial charge in [0.15, 0.2) is 0 Å². The fourth-order valence-electron chi connectivity index (χ4n) is 3.32. The Bertz CT molecular complexity index is 963. The summed E-state index contributed by atoms with van der Waals surface area (Å²) in [6, 6.07) is 11.8. The minimum atomic E-state index is 0.124. The van der Waals surface area contributed by atoms with E-state index in [-0.39, 0.29) is 5.91 Å². The molecular formula is C22H23ClN2O2S2. The van der Waals surface area contributed by atoms with E-state index in [1.807, 2.05) is 41.5 Å². The van der Waals surface area contributed by atoms with Gasteiger partial charge in [0.2, 0.25) is 0 Å². The van der Waals surface area contributed by atoms with Gasteiger partial charge in [0, 0.05) is 48.2 Å². The Balaban J connectivity index is 1.28. The number of nitrogens with zero attached hydrogens (tertiary/aromatic N) is 2. The lowest BCUT2D eigenvalue weighted by Crippen LogP contribution is -2.48. The fraction of sp³-hybridized carbons (Fsp3) is 0.318. The molecule has 0 spiro atoms. The van der Waals surface area contributed by atoms with Gasteiger partial charge in [0.1, 0.15) is 12.4 Å². The van der Waals surface area contributed by atoms with Gasteiger partial charge in [-0.1, -0.05) is 17.7 Å². The van der Waals surface area contributed by atoms with E-state index < -0.39 is 0 Å². The van der Waals surface area contributed by atoms with Crippen LogP contribution in [0.1, 0.15) is 25.7 Å². The highest BCUT2D eigenvalue weighted by Crippen LogP contribution is 2.24. The van der Waals surface area contributed by atoms with Crippen LogP contribution in [0, 0.1) is 6.92 Å². The minimum Gasteiger partial charge on any atom is -0.489 e. The van der Waals surface area contributed by atoms with E-state index >= 15 is 0 Å². The van der Waals surface area contributed by atoms with Crippen LogP contribution < -0.4 is 4.74 Å². The molecule has 0 radical (unpaired) electrons. The van der Waals surface area contributed by atoms with Crippen LogP contribution in [0.5, 0.6) is 5.75 Å². The first kappa shape index (κ1) is 20.4. The Morgan fingerprint density at radius 2 is 1.97 bits per heavy atom. The molecule has 0 bridgehead atoms. The van der Waals surface area contributed by atoms with Gasteiger partial charge in [-0.2, -0.15) is 0 Å². The van der Waals surface area contributed by atoms with E-state index in [9.17, 15) is 4.79 Å². The number of carbonyl (C=O) groups is 1. The van der Waals surface area contributed by atoms with Gasteiger partial charge in [-0.3, -0.25) is 9.69 Å². The van der Waals surface area contributed by atoms with E-state index in [2.05, 4.69) is 22.4 Å².